The van der Waals surface area contributed by atoms with E-state index >= 15 is 0 Å². The van der Waals surface area contributed by atoms with Crippen LogP contribution in [0.15, 0.2) is 0 Å². The third-order valence-corrected chi connectivity index (χ3v) is 3.65. The summed E-state index contributed by atoms with van der Waals surface area (Å²) in [6.07, 6.45) is 2.69. The Morgan fingerprint density at radius 1 is 1.11 bits per heavy atom. The first-order valence-corrected chi connectivity index (χ1v) is 6.97. The van der Waals surface area contributed by atoms with Gasteiger partial charge in [-0.25, -0.2) is 0 Å². The van der Waals surface area contributed by atoms with Crippen LogP contribution in [0, 0.1) is 0 Å². The van der Waals surface area contributed by atoms with Crippen molar-refractivity contribution in [2.45, 2.75) is 57.2 Å². The molecule has 1 aliphatic carbocycles. The van der Waals surface area contributed by atoms with Gasteiger partial charge in [-0.05, 0) is 39.4 Å². The summed E-state index contributed by atoms with van der Waals surface area (Å²) in [5.74, 6) is 0. The summed E-state index contributed by atoms with van der Waals surface area (Å²) < 4.78 is 35.7. The number of rotatable bonds is 7. The quantitative estimate of drug-likeness (QED) is 0.712. The van der Waals surface area contributed by atoms with Gasteiger partial charge in [-0.3, -0.25) is 0 Å². The maximum Gasteiger partial charge on any atom is 0.390 e. The van der Waals surface area contributed by atoms with E-state index in [1.807, 2.05) is 0 Å². The summed E-state index contributed by atoms with van der Waals surface area (Å²) in [4.78, 5) is 2.37. The minimum atomic E-state index is -4.04. The molecule has 0 heterocycles. The Morgan fingerprint density at radius 2 is 1.78 bits per heavy atom. The van der Waals surface area contributed by atoms with Gasteiger partial charge >= 0.3 is 6.18 Å². The molecule has 2 nitrogen and oxygen atoms in total. The molecule has 0 aromatic heterocycles. The Kier molecular flexibility index (Phi) is 7.00. The Morgan fingerprint density at radius 3 is 2.39 bits per heavy atom. The van der Waals surface area contributed by atoms with Gasteiger partial charge in [0, 0.05) is 12.6 Å². The van der Waals surface area contributed by atoms with Crippen molar-refractivity contribution in [1.29, 1.82) is 0 Å². The van der Waals surface area contributed by atoms with Gasteiger partial charge in [0.25, 0.3) is 0 Å². The Balaban J connectivity index is 1.96. The standard InChI is InChI=1S/C13H25F3N2/c1-18(12-6-3-2-4-7-12)11-5-9-17-10-8-13(14,15)16/h12,17H,2-11H2,1H3. The highest BCUT2D eigenvalue weighted by Crippen LogP contribution is 2.21. The Hall–Kier alpha value is -0.290. The fourth-order valence-corrected chi connectivity index (χ4v) is 2.51. The van der Waals surface area contributed by atoms with Gasteiger partial charge in [0.1, 0.15) is 0 Å². The fourth-order valence-electron chi connectivity index (χ4n) is 2.51. The molecule has 5 heteroatoms. The number of halogens is 3. The van der Waals surface area contributed by atoms with Gasteiger partial charge in [-0.15, -0.1) is 0 Å². The van der Waals surface area contributed by atoms with E-state index in [0.29, 0.717) is 12.6 Å². The van der Waals surface area contributed by atoms with Crippen LogP contribution in [0.4, 0.5) is 13.2 Å². The highest BCUT2D eigenvalue weighted by molar-refractivity contribution is 4.73. The highest BCUT2D eigenvalue weighted by Gasteiger charge is 2.25. The molecular weight excluding hydrogens is 241 g/mol. The molecule has 0 saturated heterocycles. The monoisotopic (exact) mass is 266 g/mol. The lowest BCUT2D eigenvalue weighted by atomic mass is 9.94. The molecule has 0 aromatic rings. The van der Waals surface area contributed by atoms with Gasteiger partial charge < -0.3 is 10.2 Å². The predicted octanol–water partition coefficient (Wildman–Crippen LogP) is 3.18. The van der Waals surface area contributed by atoms with E-state index in [2.05, 4.69) is 17.3 Å². The lowest BCUT2D eigenvalue weighted by Crippen LogP contribution is -2.35. The molecule has 0 bridgehead atoms. The molecule has 1 saturated carbocycles. The van der Waals surface area contributed by atoms with E-state index in [4.69, 9.17) is 0 Å². The molecule has 1 fully saturated rings. The minimum absolute atomic E-state index is 0.0383. The molecule has 0 aromatic carbocycles. The molecule has 0 radical (unpaired) electrons. The first-order chi connectivity index (χ1) is 8.49. The van der Waals surface area contributed by atoms with E-state index in [9.17, 15) is 13.2 Å². The topological polar surface area (TPSA) is 15.3 Å². The third kappa shape index (κ3) is 7.21. The zero-order valence-corrected chi connectivity index (χ0v) is 11.2. The minimum Gasteiger partial charge on any atom is -0.316 e. The number of alkyl halides is 3. The molecule has 1 aliphatic rings. The largest absolute Gasteiger partial charge is 0.390 e. The van der Waals surface area contributed by atoms with E-state index in [1.165, 1.54) is 32.1 Å². The van der Waals surface area contributed by atoms with Crippen molar-refractivity contribution in [3.63, 3.8) is 0 Å². The lowest BCUT2D eigenvalue weighted by molar-refractivity contribution is -0.133. The van der Waals surface area contributed by atoms with E-state index in [0.717, 1.165) is 13.0 Å². The average molecular weight is 266 g/mol. The Bertz CT molecular complexity index is 213. The van der Waals surface area contributed by atoms with Gasteiger partial charge in [-0.2, -0.15) is 13.2 Å². The fraction of sp³-hybridized carbons (Fsp3) is 1.00. The zero-order valence-electron chi connectivity index (χ0n) is 11.2. The lowest BCUT2D eigenvalue weighted by Gasteiger charge is -2.31. The molecule has 0 aliphatic heterocycles. The van der Waals surface area contributed by atoms with Crippen LogP contribution >= 0.6 is 0 Å². The van der Waals surface area contributed by atoms with Crippen molar-refractivity contribution in [3.05, 3.63) is 0 Å². The van der Waals surface area contributed by atoms with Crippen LogP contribution in [-0.2, 0) is 0 Å². The number of nitrogens with zero attached hydrogens (tertiary/aromatic N) is 1. The first-order valence-electron chi connectivity index (χ1n) is 6.97. The van der Waals surface area contributed by atoms with Crippen molar-refractivity contribution in [2.24, 2.45) is 0 Å². The number of nitrogens with one attached hydrogen (secondary N) is 1. The van der Waals surface area contributed by atoms with Crippen molar-refractivity contribution in [1.82, 2.24) is 10.2 Å². The number of hydrogen-bond donors (Lipinski definition) is 1. The van der Waals surface area contributed by atoms with Crippen LogP contribution in [-0.4, -0.2) is 43.8 Å². The van der Waals surface area contributed by atoms with Gasteiger partial charge in [0.15, 0.2) is 0 Å². The normalized spacial score (nSPS) is 18.5. The maximum absolute atomic E-state index is 11.9. The molecule has 0 unspecified atom stereocenters. The number of hydrogen-bond acceptors (Lipinski definition) is 2. The van der Waals surface area contributed by atoms with Gasteiger partial charge in [-0.1, -0.05) is 19.3 Å². The van der Waals surface area contributed by atoms with Crippen LogP contribution in [0.3, 0.4) is 0 Å². The zero-order chi connectivity index (χ0) is 13.4. The van der Waals surface area contributed by atoms with Gasteiger partial charge in [0.2, 0.25) is 0 Å². The van der Waals surface area contributed by atoms with Crippen LogP contribution in [0.1, 0.15) is 44.9 Å². The van der Waals surface area contributed by atoms with E-state index in [1.54, 1.807) is 0 Å². The molecule has 18 heavy (non-hydrogen) atoms. The molecule has 0 atom stereocenters. The van der Waals surface area contributed by atoms with E-state index in [-0.39, 0.29) is 6.54 Å². The molecule has 1 N–H and O–H groups in total. The maximum atomic E-state index is 11.9. The second-order valence-corrected chi connectivity index (χ2v) is 5.24. The van der Waals surface area contributed by atoms with Crippen LogP contribution in [0.25, 0.3) is 0 Å². The summed E-state index contributed by atoms with van der Waals surface area (Å²) >= 11 is 0. The van der Waals surface area contributed by atoms with E-state index < -0.39 is 12.6 Å². The molecule has 0 spiro atoms. The second-order valence-electron chi connectivity index (χ2n) is 5.24. The second kappa shape index (κ2) is 8.00. The summed E-state index contributed by atoms with van der Waals surface area (Å²) in [7, 11) is 2.13. The summed E-state index contributed by atoms with van der Waals surface area (Å²) in [6, 6.07) is 0.689. The SMILES string of the molecule is CN(CCCNCCC(F)(F)F)C1CCCCC1. The molecule has 0 amide bonds. The van der Waals surface area contributed by atoms with Crippen LogP contribution in [0.2, 0.25) is 0 Å². The highest BCUT2D eigenvalue weighted by atomic mass is 19.4. The van der Waals surface area contributed by atoms with Crippen molar-refractivity contribution in [3.8, 4) is 0 Å². The van der Waals surface area contributed by atoms with Crippen molar-refractivity contribution >= 4 is 0 Å². The Labute approximate surface area is 108 Å². The third-order valence-electron chi connectivity index (χ3n) is 3.65. The molecule has 1 rings (SSSR count). The predicted molar refractivity (Wildman–Crippen MR) is 67.7 cm³/mol. The smallest absolute Gasteiger partial charge is 0.316 e. The van der Waals surface area contributed by atoms with Crippen LogP contribution in [0.5, 0.6) is 0 Å². The first kappa shape index (κ1) is 15.8. The summed E-state index contributed by atoms with van der Waals surface area (Å²) in [6.45, 7) is 1.69. The summed E-state index contributed by atoms with van der Waals surface area (Å²) in [5, 5.41) is 2.85. The van der Waals surface area contributed by atoms with Crippen LogP contribution < -0.4 is 5.32 Å². The average Bonchev–Trinajstić information content (AvgIpc) is 2.33. The van der Waals surface area contributed by atoms with Crippen molar-refractivity contribution < 1.29 is 13.2 Å². The summed E-state index contributed by atoms with van der Waals surface area (Å²) in [5.41, 5.74) is 0. The molecular formula is C13H25F3N2. The molecule has 108 valence electrons. The van der Waals surface area contributed by atoms with Crippen molar-refractivity contribution in [2.75, 3.05) is 26.7 Å². The van der Waals surface area contributed by atoms with Gasteiger partial charge in [0.05, 0.1) is 6.42 Å².